The lowest BCUT2D eigenvalue weighted by molar-refractivity contribution is -0.130. The van der Waals surface area contributed by atoms with E-state index >= 15 is 0 Å². The van der Waals surface area contributed by atoms with E-state index in [0.717, 1.165) is 35.4 Å². The Labute approximate surface area is 178 Å². The molecule has 0 aliphatic carbocycles. The number of aromatic nitrogens is 2. The molecule has 1 aromatic carbocycles. The van der Waals surface area contributed by atoms with Crippen molar-refractivity contribution in [1.29, 1.82) is 0 Å². The Bertz CT molecular complexity index is 937. The van der Waals surface area contributed by atoms with Crippen LogP contribution in [-0.4, -0.2) is 55.0 Å². The maximum absolute atomic E-state index is 12.8. The van der Waals surface area contributed by atoms with E-state index in [1.54, 1.807) is 21.3 Å². The molecule has 2 aromatic rings. The minimum atomic E-state index is 0.168. The molecule has 30 heavy (non-hydrogen) atoms. The summed E-state index contributed by atoms with van der Waals surface area (Å²) >= 11 is 0. The fourth-order valence-corrected chi connectivity index (χ4v) is 4.01. The molecule has 0 saturated heterocycles. The zero-order valence-electron chi connectivity index (χ0n) is 18.7. The number of ether oxygens (including phenoxy) is 3. The molecule has 0 saturated carbocycles. The van der Waals surface area contributed by atoms with Crippen LogP contribution in [0.25, 0.3) is 5.57 Å². The van der Waals surface area contributed by atoms with Crippen molar-refractivity contribution in [3.8, 4) is 17.2 Å². The summed E-state index contributed by atoms with van der Waals surface area (Å²) in [7, 11) is 6.83. The number of aryl methyl sites for hydroxylation is 2. The van der Waals surface area contributed by atoms with Gasteiger partial charge in [0.2, 0.25) is 5.91 Å². The average molecular weight is 414 g/mol. The van der Waals surface area contributed by atoms with E-state index < -0.39 is 0 Å². The number of carbonyl (C=O) groups excluding carboxylic acids is 1. The summed E-state index contributed by atoms with van der Waals surface area (Å²) in [6.07, 6.45) is 4.05. The van der Waals surface area contributed by atoms with E-state index in [0.29, 0.717) is 36.8 Å². The van der Waals surface area contributed by atoms with Crippen LogP contribution in [-0.2, 0) is 18.3 Å². The number of amides is 1. The molecular weight excluding hydrogens is 382 g/mol. The fourth-order valence-electron chi connectivity index (χ4n) is 4.01. The minimum Gasteiger partial charge on any atom is -0.496 e. The van der Waals surface area contributed by atoms with Gasteiger partial charge in [-0.25, -0.2) is 0 Å². The Morgan fingerprint density at radius 1 is 1.10 bits per heavy atom. The second kappa shape index (κ2) is 9.24. The van der Waals surface area contributed by atoms with E-state index in [9.17, 15) is 4.79 Å². The van der Waals surface area contributed by atoms with Crippen molar-refractivity contribution in [1.82, 2.24) is 14.7 Å². The van der Waals surface area contributed by atoms with Gasteiger partial charge in [0.15, 0.2) is 0 Å². The molecule has 1 aliphatic rings. The van der Waals surface area contributed by atoms with Gasteiger partial charge in [0.25, 0.3) is 0 Å². The first kappa shape index (κ1) is 21.7. The lowest BCUT2D eigenvalue weighted by Gasteiger charge is -2.28. The van der Waals surface area contributed by atoms with Gasteiger partial charge in [-0.15, -0.1) is 0 Å². The molecule has 1 amide bonds. The third-order valence-electron chi connectivity index (χ3n) is 5.85. The summed E-state index contributed by atoms with van der Waals surface area (Å²) in [4.78, 5) is 14.7. The molecule has 162 valence electrons. The van der Waals surface area contributed by atoms with Crippen LogP contribution < -0.4 is 14.2 Å². The van der Waals surface area contributed by atoms with Crippen molar-refractivity contribution < 1.29 is 19.0 Å². The highest BCUT2D eigenvalue weighted by Crippen LogP contribution is 2.40. The number of benzene rings is 1. The van der Waals surface area contributed by atoms with Crippen molar-refractivity contribution in [2.75, 3.05) is 34.4 Å². The van der Waals surface area contributed by atoms with E-state index in [1.807, 2.05) is 42.6 Å². The molecule has 0 N–H and O–H groups in total. The largest absolute Gasteiger partial charge is 0.496 e. The molecule has 1 aliphatic heterocycles. The van der Waals surface area contributed by atoms with Crippen LogP contribution in [0.3, 0.4) is 0 Å². The van der Waals surface area contributed by atoms with Crippen LogP contribution in [0.4, 0.5) is 0 Å². The second-order valence-electron chi connectivity index (χ2n) is 7.50. The van der Waals surface area contributed by atoms with Crippen LogP contribution in [0.1, 0.15) is 35.4 Å². The van der Waals surface area contributed by atoms with Gasteiger partial charge >= 0.3 is 0 Å². The van der Waals surface area contributed by atoms with Crippen LogP contribution in [0.2, 0.25) is 0 Å². The molecule has 0 unspecified atom stereocenters. The lowest BCUT2D eigenvalue weighted by Crippen LogP contribution is -2.34. The van der Waals surface area contributed by atoms with Gasteiger partial charge in [-0.1, -0.05) is 6.08 Å². The van der Waals surface area contributed by atoms with Gasteiger partial charge in [0.05, 0.1) is 32.6 Å². The monoisotopic (exact) mass is 413 g/mol. The smallest absolute Gasteiger partial charge is 0.223 e. The predicted molar refractivity (Wildman–Crippen MR) is 116 cm³/mol. The quantitative estimate of drug-likeness (QED) is 0.697. The molecule has 7 heteroatoms. The molecule has 0 spiro atoms. The topological polar surface area (TPSA) is 65.8 Å². The Kier molecular flexibility index (Phi) is 6.70. The number of rotatable bonds is 7. The van der Waals surface area contributed by atoms with Crippen molar-refractivity contribution in [3.05, 3.63) is 40.7 Å². The summed E-state index contributed by atoms with van der Waals surface area (Å²) in [5.41, 5.74) is 5.35. The van der Waals surface area contributed by atoms with Gasteiger partial charge in [-0.05, 0) is 37.8 Å². The van der Waals surface area contributed by atoms with E-state index in [-0.39, 0.29) is 5.91 Å². The fraction of sp³-hybridized carbons (Fsp3) is 0.478. The van der Waals surface area contributed by atoms with Crippen molar-refractivity contribution in [2.24, 2.45) is 7.05 Å². The normalized spacial score (nSPS) is 13.8. The standard InChI is InChI=1S/C23H31N3O4/c1-15-19(16(2)25(3)24-15)7-8-22(27)26-11-9-17(10-12-26)23-20(29-5)13-18(28-4)14-21(23)30-6/h9,13-14H,7-8,10-12H2,1-6H3. The number of carbonyl (C=O) groups is 1. The van der Waals surface area contributed by atoms with Gasteiger partial charge in [0, 0.05) is 44.4 Å². The van der Waals surface area contributed by atoms with E-state index in [4.69, 9.17) is 14.2 Å². The summed E-state index contributed by atoms with van der Waals surface area (Å²) in [6.45, 7) is 5.30. The molecule has 3 rings (SSSR count). The molecule has 2 heterocycles. The second-order valence-corrected chi connectivity index (χ2v) is 7.50. The Balaban J connectivity index is 1.71. The zero-order chi connectivity index (χ0) is 21.8. The van der Waals surface area contributed by atoms with Crippen LogP contribution >= 0.6 is 0 Å². The summed E-state index contributed by atoms with van der Waals surface area (Å²) in [6, 6.07) is 3.71. The van der Waals surface area contributed by atoms with Gasteiger partial charge in [0.1, 0.15) is 17.2 Å². The van der Waals surface area contributed by atoms with E-state index in [2.05, 4.69) is 11.2 Å². The first-order valence-electron chi connectivity index (χ1n) is 10.2. The van der Waals surface area contributed by atoms with Crippen LogP contribution in [0.15, 0.2) is 18.2 Å². The molecule has 0 radical (unpaired) electrons. The lowest BCUT2D eigenvalue weighted by atomic mass is 9.96. The van der Waals surface area contributed by atoms with E-state index in [1.165, 1.54) is 5.56 Å². The van der Waals surface area contributed by atoms with Gasteiger partial charge in [-0.3, -0.25) is 9.48 Å². The van der Waals surface area contributed by atoms with Crippen molar-refractivity contribution >= 4 is 11.5 Å². The van der Waals surface area contributed by atoms with Gasteiger partial charge < -0.3 is 19.1 Å². The molecule has 7 nitrogen and oxygen atoms in total. The van der Waals surface area contributed by atoms with Crippen molar-refractivity contribution in [3.63, 3.8) is 0 Å². The molecule has 1 aromatic heterocycles. The summed E-state index contributed by atoms with van der Waals surface area (Å²) in [5, 5.41) is 4.44. The highest BCUT2D eigenvalue weighted by molar-refractivity contribution is 5.81. The first-order chi connectivity index (χ1) is 14.4. The highest BCUT2D eigenvalue weighted by atomic mass is 16.5. The molecule has 0 fully saturated rings. The number of hydrogen-bond donors (Lipinski definition) is 0. The zero-order valence-corrected chi connectivity index (χ0v) is 18.7. The summed E-state index contributed by atoms with van der Waals surface area (Å²) in [5.74, 6) is 2.27. The van der Waals surface area contributed by atoms with Crippen LogP contribution in [0.5, 0.6) is 17.2 Å². The Morgan fingerprint density at radius 2 is 1.77 bits per heavy atom. The van der Waals surface area contributed by atoms with Crippen molar-refractivity contribution in [2.45, 2.75) is 33.1 Å². The maximum Gasteiger partial charge on any atom is 0.223 e. The average Bonchev–Trinajstić information content (AvgIpc) is 3.01. The summed E-state index contributed by atoms with van der Waals surface area (Å²) < 4.78 is 18.4. The SMILES string of the molecule is COc1cc(OC)c(C2=CCN(C(=O)CCc3c(C)nn(C)c3C)CC2)c(OC)c1. The molecular formula is C23H31N3O4. The van der Waals surface area contributed by atoms with Crippen LogP contribution in [0, 0.1) is 13.8 Å². The highest BCUT2D eigenvalue weighted by Gasteiger charge is 2.23. The number of hydrogen-bond acceptors (Lipinski definition) is 5. The number of nitrogens with zero attached hydrogens (tertiary/aromatic N) is 3. The maximum atomic E-state index is 12.8. The minimum absolute atomic E-state index is 0.168. The van der Waals surface area contributed by atoms with Gasteiger partial charge in [-0.2, -0.15) is 5.10 Å². The Morgan fingerprint density at radius 3 is 2.23 bits per heavy atom. The third kappa shape index (κ3) is 4.30. The first-order valence-corrected chi connectivity index (χ1v) is 10.2. The third-order valence-corrected chi connectivity index (χ3v) is 5.85. The number of methoxy groups -OCH3 is 3. The predicted octanol–water partition coefficient (Wildman–Crippen LogP) is 3.31. The molecule has 0 atom stereocenters. The molecule has 0 bridgehead atoms. The Hall–Kier alpha value is -2.96.